The molecule has 0 radical (unpaired) electrons. The fraction of sp³-hybridized carbons (Fsp3) is 0.0667. The van der Waals surface area contributed by atoms with E-state index in [-0.39, 0.29) is 10.6 Å². The first-order valence-electron chi connectivity index (χ1n) is 6.20. The zero-order valence-electron chi connectivity index (χ0n) is 11.4. The fourth-order valence-electron chi connectivity index (χ4n) is 1.66. The molecule has 22 heavy (non-hydrogen) atoms. The standard InChI is InChI=1S/C15H11BrCl2N2O2/c1-8-2-3-9(6-12(8)16)14(21)19-20-15(22)11-5-4-10(17)7-13(11)18/h2-7H,1H3,(H,19,21)(H,20,22). The molecule has 0 saturated carbocycles. The van der Waals surface area contributed by atoms with Crippen LogP contribution in [-0.4, -0.2) is 11.8 Å². The van der Waals surface area contributed by atoms with Gasteiger partial charge >= 0.3 is 0 Å². The van der Waals surface area contributed by atoms with E-state index in [9.17, 15) is 9.59 Å². The van der Waals surface area contributed by atoms with Crippen LogP contribution in [0.3, 0.4) is 0 Å². The van der Waals surface area contributed by atoms with Crippen LogP contribution in [0, 0.1) is 6.92 Å². The van der Waals surface area contributed by atoms with Crippen LogP contribution in [0.5, 0.6) is 0 Å². The van der Waals surface area contributed by atoms with Gasteiger partial charge in [0.15, 0.2) is 0 Å². The van der Waals surface area contributed by atoms with E-state index in [0.29, 0.717) is 10.6 Å². The lowest BCUT2D eigenvalue weighted by Crippen LogP contribution is -2.41. The van der Waals surface area contributed by atoms with Gasteiger partial charge < -0.3 is 0 Å². The van der Waals surface area contributed by atoms with E-state index in [1.807, 2.05) is 6.92 Å². The molecule has 2 aromatic rings. The van der Waals surface area contributed by atoms with Gasteiger partial charge in [-0.25, -0.2) is 0 Å². The van der Waals surface area contributed by atoms with Crippen LogP contribution in [0.1, 0.15) is 26.3 Å². The Hall–Kier alpha value is -1.56. The Morgan fingerprint density at radius 2 is 1.68 bits per heavy atom. The van der Waals surface area contributed by atoms with Crippen LogP contribution in [0.2, 0.25) is 10.0 Å². The van der Waals surface area contributed by atoms with E-state index < -0.39 is 11.8 Å². The maximum absolute atomic E-state index is 12.0. The third-order valence-electron chi connectivity index (χ3n) is 2.90. The summed E-state index contributed by atoms with van der Waals surface area (Å²) in [7, 11) is 0. The van der Waals surface area contributed by atoms with Gasteiger partial charge in [0.2, 0.25) is 0 Å². The Labute approximate surface area is 145 Å². The molecule has 2 N–H and O–H groups in total. The molecule has 7 heteroatoms. The number of halogens is 3. The first-order valence-corrected chi connectivity index (χ1v) is 7.75. The minimum absolute atomic E-state index is 0.206. The van der Waals surface area contributed by atoms with Gasteiger partial charge in [-0.1, -0.05) is 45.2 Å². The Morgan fingerprint density at radius 1 is 1.00 bits per heavy atom. The summed E-state index contributed by atoms with van der Waals surface area (Å²) in [5, 5.41) is 0.632. The highest BCUT2D eigenvalue weighted by Crippen LogP contribution is 2.20. The quantitative estimate of drug-likeness (QED) is 0.743. The largest absolute Gasteiger partial charge is 0.271 e. The second kappa shape index (κ2) is 7.13. The minimum Gasteiger partial charge on any atom is -0.267 e. The van der Waals surface area contributed by atoms with Crippen LogP contribution in [0.4, 0.5) is 0 Å². The van der Waals surface area contributed by atoms with Crippen molar-refractivity contribution in [1.82, 2.24) is 10.9 Å². The third-order valence-corrected chi connectivity index (χ3v) is 4.30. The first-order chi connectivity index (χ1) is 10.4. The van der Waals surface area contributed by atoms with E-state index in [0.717, 1.165) is 10.0 Å². The second-order valence-corrected chi connectivity index (χ2v) is 6.19. The van der Waals surface area contributed by atoms with Crippen molar-refractivity contribution >= 4 is 50.9 Å². The summed E-state index contributed by atoms with van der Waals surface area (Å²) in [6, 6.07) is 9.62. The molecule has 0 fully saturated rings. The topological polar surface area (TPSA) is 58.2 Å². The predicted molar refractivity (Wildman–Crippen MR) is 90.3 cm³/mol. The number of amides is 2. The van der Waals surface area contributed by atoms with Crippen LogP contribution in [0.25, 0.3) is 0 Å². The Morgan fingerprint density at radius 3 is 2.32 bits per heavy atom. The Balaban J connectivity index is 2.04. The van der Waals surface area contributed by atoms with Gasteiger partial charge in [-0.05, 0) is 42.8 Å². The van der Waals surface area contributed by atoms with Crippen molar-refractivity contribution in [2.75, 3.05) is 0 Å². The molecule has 0 spiro atoms. The monoisotopic (exact) mass is 400 g/mol. The van der Waals surface area contributed by atoms with E-state index >= 15 is 0 Å². The van der Waals surface area contributed by atoms with Crippen molar-refractivity contribution in [3.8, 4) is 0 Å². The number of hydrazine groups is 1. The molecule has 0 saturated heterocycles. The predicted octanol–water partition coefficient (Wildman–Crippen LogP) is 4.14. The van der Waals surface area contributed by atoms with Gasteiger partial charge in [-0.15, -0.1) is 0 Å². The van der Waals surface area contributed by atoms with Crippen molar-refractivity contribution in [3.63, 3.8) is 0 Å². The normalized spacial score (nSPS) is 10.2. The average Bonchev–Trinajstić information content (AvgIpc) is 2.47. The van der Waals surface area contributed by atoms with Crippen LogP contribution < -0.4 is 10.9 Å². The highest BCUT2D eigenvalue weighted by atomic mass is 79.9. The molecule has 114 valence electrons. The minimum atomic E-state index is -0.527. The molecular formula is C15H11BrCl2N2O2. The first kappa shape index (κ1) is 16.8. The summed E-state index contributed by atoms with van der Waals surface area (Å²) in [5.41, 5.74) is 6.29. The van der Waals surface area contributed by atoms with Crippen molar-refractivity contribution in [3.05, 3.63) is 67.6 Å². The van der Waals surface area contributed by atoms with Crippen LogP contribution in [0.15, 0.2) is 40.9 Å². The average molecular weight is 402 g/mol. The molecule has 0 aromatic heterocycles. The molecule has 2 amide bonds. The highest BCUT2D eigenvalue weighted by Gasteiger charge is 2.13. The summed E-state index contributed by atoms with van der Waals surface area (Å²) < 4.78 is 0.812. The van der Waals surface area contributed by atoms with Crippen molar-refractivity contribution in [1.29, 1.82) is 0 Å². The second-order valence-electron chi connectivity index (χ2n) is 4.50. The molecular weight excluding hydrogens is 391 g/mol. The molecule has 0 bridgehead atoms. The van der Waals surface area contributed by atoms with E-state index in [4.69, 9.17) is 23.2 Å². The zero-order valence-corrected chi connectivity index (χ0v) is 14.5. The lowest BCUT2D eigenvalue weighted by Gasteiger charge is -2.09. The lowest BCUT2D eigenvalue weighted by molar-refractivity contribution is 0.0846. The van der Waals surface area contributed by atoms with Gasteiger partial charge in [0.25, 0.3) is 11.8 Å². The van der Waals surface area contributed by atoms with Gasteiger partial charge in [0.1, 0.15) is 0 Å². The lowest BCUT2D eigenvalue weighted by atomic mass is 10.1. The molecule has 2 rings (SSSR count). The maximum atomic E-state index is 12.0. The SMILES string of the molecule is Cc1ccc(C(=O)NNC(=O)c2ccc(Cl)cc2Cl)cc1Br. The molecule has 0 aliphatic carbocycles. The number of carbonyl (C=O) groups is 2. The van der Waals surface area contributed by atoms with E-state index in [1.54, 1.807) is 24.3 Å². The molecule has 0 atom stereocenters. The smallest absolute Gasteiger partial charge is 0.267 e. The summed E-state index contributed by atoms with van der Waals surface area (Å²) in [6.07, 6.45) is 0. The summed E-state index contributed by atoms with van der Waals surface area (Å²) in [4.78, 5) is 24.0. The number of rotatable bonds is 2. The van der Waals surface area contributed by atoms with Crippen LogP contribution in [-0.2, 0) is 0 Å². The molecule has 0 aliphatic heterocycles. The number of aryl methyl sites for hydroxylation is 1. The molecule has 0 heterocycles. The summed E-state index contributed by atoms with van der Waals surface area (Å²) in [6.45, 7) is 1.91. The molecule has 2 aromatic carbocycles. The third kappa shape index (κ3) is 4.00. The summed E-state index contributed by atoms with van der Waals surface area (Å²) in [5.74, 6) is -0.958. The highest BCUT2D eigenvalue weighted by molar-refractivity contribution is 9.10. The van der Waals surface area contributed by atoms with Gasteiger partial charge in [-0.3, -0.25) is 20.4 Å². The summed E-state index contributed by atoms with van der Waals surface area (Å²) >= 11 is 15.0. The molecule has 4 nitrogen and oxygen atoms in total. The number of hydrogen-bond donors (Lipinski definition) is 2. The Bertz CT molecular complexity index is 750. The molecule has 0 aliphatic rings. The number of hydrogen-bond acceptors (Lipinski definition) is 2. The van der Waals surface area contributed by atoms with Crippen LogP contribution >= 0.6 is 39.1 Å². The number of nitrogens with one attached hydrogen (secondary N) is 2. The molecule has 0 unspecified atom stereocenters. The van der Waals surface area contributed by atoms with Crippen molar-refractivity contribution in [2.24, 2.45) is 0 Å². The van der Waals surface area contributed by atoms with Gasteiger partial charge in [0.05, 0.1) is 10.6 Å². The van der Waals surface area contributed by atoms with E-state index in [2.05, 4.69) is 26.8 Å². The zero-order chi connectivity index (χ0) is 16.3. The van der Waals surface area contributed by atoms with Gasteiger partial charge in [0, 0.05) is 15.1 Å². The Kier molecular flexibility index (Phi) is 5.45. The van der Waals surface area contributed by atoms with E-state index in [1.165, 1.54) is 12.1 Å². The van der Waals surface area contributed by atoms with Crippen molar-refractivity contribution < 1.29 is 9.59 Å². The van der Waals surface area contributed by atoms with Gasteiger partial charge in [-0.2, -0.15) is 0 Å². The fourth-order valence-corrected chi connectivity index (χ4v) is 2.53. The number of benzene rings is 2. The number of carbonyl (C=O) groups excluding carboxylic acids is 2. The van der Waals surface area contributed by atoms with Crippen molar-refractivity contribution in [2.45, 2.75) is 6.92 Å². The maximum Gasteiger partial charge on any atom is 0.271 e.